The number of primary amides is 1. The number of carbonyl (C=O) groups excluding carboxylic acids is 1. The molecule has 0 aliphatic rings. The molecule has 1 aromatic rings. The average molecular weight is 174 g/mol. The van der Waals surface area contributed by atoms with E-state index in [9.17, 15) is 4.79 Å². The first-order valence-electron chi connectivity index (χ1n) is 2.76. The Morgan fingerprint density at radius 3 is 2.73 bits per heavy atom. The molecule has 0 saturated heterocycles. The molecule has 2 amide bonds. The minimum Gasteiger partial charge on any atom is -0.351 e. The Balaban J connectivity index is 0.000001000. The van der Waals surface area contributed by atoms with Crippen molar-refractivity contribution in [2.45, 2.75) is 0 Å². The van der Waals surface area contributed by atoms with Crippen LogP contribution in [0.5, 0.6) is 0 Å². The number of hydrogen-bond donors (Lipinski definition) is 2. The van der Waals surface area contributed by atoms with E-state index < -0.39 is 6.03 Å². The SMILES string of the molecule is Cl.NC(=O)Nc1ccccn1. The zero-order valence-electron chi connectivity index (χ0n) is 5.65. The standard InChI is InChI=1S/C6H7N3O.ClH/c7-6(10)9-5-3-1-2-4-8-5;/h1-4H,(H3,7,8,9,10);1H. The van der Waals surface area contributed by atoms with Crippen LogP contribution in [0, 0.1) is 0 Å². The highest BCUT2D eigenvalue weighted by Crippen LogP contribution is 1.97. The molecule has 0 aliphatic carbocycles. The third-order valence-corrected chi connectivity index (χ3v) is 0.916. The molecule has 0 unspecified atom stereocenters. The number of amides is 2. The molecule has 60 valence electrons. The van der Waals surface area contributed by atoms with Crippen LogP contribution in [0.1, 0.15) is 0 Å². The Hall–Kier alpha value is -1.29. The fourth-order valence-electron chi connectivity index (χ4n) is 0.563. The van der Waals surface area contributed by atoms with Crippen molar-refractivity contribution < 1.29 is 4.79 Å². The number of anilines is 1. The van der Waals surface area contributed by atoms with E-state index in [1.807, 2.05) is 0 Å². The first kappa shape index (κ1) is 9.71. The summed E-state index contributed by atoms with van der Waals surface area (Å²) in [6, 6.07) is 4.58. The van der Waals surface area contributed by atoms with Crippen molar-refractivity contribution in [1.82, 2.24) is 4.98 Å². The molecule has 1 aromatic heterocycles. The van der Waals surface area contributed by atoms with Gasteiger partial charge in [0.15, 0.2) is 0 Å². The summed E-state index contributed by atoms with van der Waals surface area (Å²) in [5.74, 6) is 0.468. The van der Waals surface area contributed by atoms with Gasteiger partial charge in [0.25, 0.3) is 0 Å². The number of hydrogen-bond acceptors (Lipinski definition) is 2. The number of nitrogens with two attached hydrogens (primary N) is 1. The monoisotopic (exact) mass is 173 g/mol. The van der Waals surface area contributed by atoms with Crippen molar-refractivity contribution in [3.8, 4) is 0 Å². The van der Waals surface area contributed by atoms with E-state index in [0.717, 1.165) is 0 Å². The van der Waals surface area contributed by atoms with Crippen LogP contribution in [-0.2, 0) is 0 Å². The minimum absolute atomic E-state index is 0. The molecule has 0 spiro atoms. The smallest absolute Gasteiger partial charge is 0.317 e. The summed E-state index contributed by atoms with van der Waals surface area (Å²) in [5.41, 5.74) is 4.83. The van der Waals surface area contributed by atoms with Crippen molar-refractivity contribution in [3.05, 3.63) is 24.4 Å². The zero-order chi connectivity index (χ0) is 7.40. The lowest BCUT2D eigenvalue weighted by Gasteiger charge is -1.96. The summed E-state index contributed by atoms with van der Waals surface area (Å²) in [7, 11) is 0. The molecule has 0 atom stereocenters. The Bertz CT molecular complexity index is 227. The highest BCUT2D eigenvalue weighted by Gasteiger charge is 1.92. The largest absolute Gasteiger partial charge is 0.351 e. The van der Waals surface area contributed by atoms with Crippen LogP contribution in [0.15, 0.2) is 24.4 Å². The van der Waals surface area contributed by atoms with Gasteiger partial charge in [-0.1, -0.05) is 6.07 Å². The lowest BCUT2D eigenvalue weighted by atomic mass is 10.5. The van der Waals surface area contributed by atoms with Crippen molar-refractivity contribution in [3.63, 3.8) is 0 Å². The maximum Gasteiger partial charge on any atom is 0.317 e. The topological polar surface area (TPSA) is 68.0 Å². The van der Waals surface area contributed by atoms with Gasteiger partial charge in [0.2, 0.25) is 0 Å². The van der Waals surface area contributed by atoms with Gasteiger partial charge >= 0.3 is 6.03 Å². The summed E-state index contributed by atoms with van der Waals surface area (Å²) >= 11 is 0. The highest BCUT2D eigenvalue weighted by atomic mass is 35.5. The summed E-state index contributed by atoms with van der Waals surface area (Å²) in [4.78, 5) is 14.0. The Labute approximate surface area is 70.2 Å². The van der Waals surface area contributed by atoms with Gasteiger partial charge in [-0.15, -0.1) is 12.4 Å². The quantitative estimate of drug-likeness (QED) is 0.665. The molecule has 4 nitrogen and oxygen atoms in total. The van der Waals surface area contributed by atoms with Crippen molar-refractivity contribution in [2.75, 3.05) is 5.32 Å². The molecule has 0 fully saturated rings. The third-order valence-electron chi connectivity index (χ3n) is 0.916. The molecular formula is C6H8ClN3O. The van der Waals surface area contributed by atoms with Crippen LogP contribution in [0.2, 0.25) is 0 Å². The van der Waals surface area contributed by atoms with Gasteiger partial charge in [0, 0.05) is 6.20 Å². The van der Waals surface area contributed by atoms with Crippen LogP contribution in [-0.4, -0.2) is 11.0 Å². The number of halogens is 1. The number of carbonyl (C=O) groups is 1. The predicted molar refractivity (Wildman–Crippen MR) is 44.7 cm³/mol. The van der Waals surface area contributed by atoms with Gasteiger partial charge in [-0.2, -0.15) is 0 Å². The minimum atomic E-state index is -0.598. The van der Waals surface area contributed by atoms with Gasteiger partial charge < -0.3 is 5.73 Å². The second-order valence-corrected chi connectivity index (χ2v) is 1.70. The number of nitrogens with zero attached hydrogens (tertiary/aromatic N) is 1. The highest BCUT2D eigenvalue weighted by molar-refractivity contribution is 5.86. The fraction of sp³-hybridized carbons (Fsp3) is 0. The van der Waals surface area contributed by atoms with Gasteiger partial charge in [-0.05, 0) is 12.1 Å². The lowest BCUT2D eigenvalue weighted by Crippen LogP contribution is -2.19. The van der Waals surface area contributed by atoms with Crippen molar-refractivity contribution in [1.29, 1.82) is 0 Å². The van der Waals surface area contributed by atoms with E-state index in [1.165, 1.54) is 0 Å². The van der Waals surface area contributed by atoms with Gasteiger partial charge in [0.1, 0.15) is 5.82 Å². The molecule has 3 N–H and O–H groups in total. The van der Waals surface area contributed by atoms with Crippen LogP contribution >= 0.6 is 12.4 Å². The Morgan fingerprint density at radius 1 is 1.55 bits per heavy atom. The van der Waals surface area contributed by atoms with E-state index in [-0.39, 0.29) is 12.4 Å². The number of urea groups is 1. The van der Waals surface area contributed by atoms with E-state index in [1.54, 1.807) is 24.4 Å². The van der Waals surface area contributed by atoms with Crippen LogP contribution < -0.4 is 11.1 Å². The summed E-state index contributed by atoms with van der Waals surface area (Å²) in [6.07, 6.45) is 1.57. The number of pyridine rings is 1. The number of rotatable bonds is 1. The second kappa shape index (κ2) is 4.51. The average Bonchev–Trinajstić information content (AvgIpc) is 1.88. The molecule has 0 saturated carbocycles. The first-order chi connectivity index (χ1) is 4.79. The molecule has 5 heteroatoms. The molecule has 0 aromatic carbocycles. The lowest BCUT2D eigenvalue weighted by molar-refractivity contribution is 0.259. The Morgan fingerprint density at radius 2 is 2.27 bits per heavy atom. The van der Waals surface area contributed by atoms with Gasteiger partial charge in [-0.3, -0.25) is 5.32 Å². The summed E-state index contributed by atoms with van der Waals surface area (Å²) in [6.45, 7) is 0. The number of nitrogens with one attached hydrogen (secondary N) is 1. The van der Waals surface area contributed by atoms with E-state index >= 15 is 0 Å². The molecule has 1 rings (SSSR count). The van der Waals surface area contributed by atoms with Crippen LogP contribution in [0.4, 0.5) is 10.6 Å². The third kappa shape index (κ3) is 3.42. The molecule has 1 heterocycles. The molecule has 0 bridgehead atoms. The molecule has 11 heavy (non-hydrogen) atoms. The molecule has 0 radical (unpaired) electrons. The summed E-state index contributed by atoms with van der Waals surface area (Å²) < 4.78 is 0. The maximum absolute atomic E-state index is 10.2. The second-order valence-electron chi connectivity index (χ2n) is 1.70. The van der Waals surface area contributed by atoms with E-state index in [4.69, 9.17) is 5.73 Å². The Kier molecular flexibility index (Phi) is 3.98. The van der Waals surface area contributed by atoms with Gasteiger partial charge in [0.05, 0.1) is 0 Å². The maximum atomic E-state index is 10.2. The predicted octanol–water partition coefficient (Wildman–Crippen LogP) is 0.994. The first-order valence-corrected chi connectivity index (χ1v) is 2.76. The van der Waals surface area contributed by atoms with Crippen LogP contribution in [0.25, 0.3) is 0 Å². The number of aromatic nitrogens is 1. The fourth-order valence-corrected chi connectivity index (χ4v) is 0.563. The van der Waals surface area contributed by atoms with E-state index in [2.05, 4.69) is 10.3 Å². The summed E-state index contributed by atoms with van der Waals surface area (Å²) in [5, 5.41) is 2.33. The van der Waals surface area contributed by atoms with Gasteiger partial charge in [-0.25, -0.2) is 9.78 Å². The molecular weight excluding hydrogens is 166 g/mol. The zero-order valence-corrected chi connectivity index (χ0v) is 6.47. The normalized spacial score (nSPS) is 8.00. The molecule has 0 aliphatic heterocycles. The van der Waals surface area contributed by atoms with Crippen LogP contribution in [0.3, 0.4) is 0 Å². The van der Waals surface area contributed by atoms with Crippen molar-refractivity contribution >= 4 is 24.3 Å². The van der Waals surface area contributed by atoms with Crippen molar-refractivity contribution in [2.24, 2.45) is 5.73 Å². The van der Waals surface area contributed by atoms with E-state index in [0.29, 0.717) is 5.82 Å².